The number of hydrogen-bond donors (Lipinski definition) is 1. The lowest BCUT2D eigenvalue weighted by molar-refractivity contribution is -0.384. The number of nitro benzene ring substituents is 1. The van der Waals surface area contributed by atoms with Crippen molar-refractivity contribution in [2.75, 3.05) is 19.4 Å². The first-order chi connectivity index (χ1) is 9.33. The number of halogens is 3. The number of non-ortho nitro benzene ring substituents is 1. The summed E-state index contributed by atoms with van der Waals surface area (Å²) < 4.78 is 41.1. The van der Waals surface area contributed by atoms with Crippen LogP contribution in [0.2, 0.25) is 0 Å². The van der Waals surface area contributed by atoms with E-state index in [1.54, 1.807) is 7.05 Å². The van der Waals surface area contributed by atoms with Gasteiger partial charge in [0.25, 0.3) is 5.69 Å². The van der Waals surface area contributed by atoms with Crippen LogP contribution in [-0.4, -0.2) is 29.8 Å². The molecule has 0 spiro atoms. The van der Waals surface area contributed by atoms with Crippen molar-refractivity contribution in [2.24, 2.45) is 0 Å². The molecule has 1 aromatic carbocycles. The highest BCUT2D eigenvalue weighted by Gasteiger charge is 2.27. The van der Waals surface area contributed by atoms with Crippen molar-refractivity contribution in [3.05, 3.63) is 33.9 Å². The van der Waals surface area contributed by atoms with E-state index in [4.69, 9.17) is 4.74 Å². The Bertz CT molecular complexity index is 469. The van der Waals surface area contributed by atoms with Crippen LogP contribution in [0, 0.1) is 10.1 Å². The molecule has 0 saturated heterocycles. The summed E-state index contributed by atoms with van der Waals surface area (Å²) in [5.74, 6) is 0.104. The van der Waals surface area contributed by atoms with E-state index in [1.165, 1.54) is 18.2 Å². The molecule has 0 heterocycles. The van der Waals surface area contributed by atoms with Crippen LogP contribution in [0.25, 0.3) is 0 Å². The Morgan fingerprint density at radius 1 is 1.45 bits per heavy atom. The van der Waals surface area contributed by atoms with E-state index in [0.717, 1.165) is 0 Å². The zero-order valence-electron chi connectivity index (χ0n) is 10.6. The van der Waals surface area contributed by atoms with E-state index in [-0.39, 0.29) is 29.8 Å². The Labute approximate surface area is 117 Å². The minimum absolute atomic E-state index is 0.0905. The highest BCUT2D eigenvalue weighted by molar-refractivity contribution is 8.00. The molecule has 1 aromatic rings. The number of nitrogens with zero attached hydrogens (tertiary/aromatic N) is 1. The molecular weight excluding hydrogens is 297 g/mol. The molecule has 0 aliphatic rings. The Kier molecular flexibility index (Phi) is 6.08. The minimum Gasteiger partial charge on any atom is -0.492 e. The number of rotatable bonds is 7. The molecule has 0 fully saturated rings. The van der Waals surface area contributed by atoms with Gasteiger partial charge in [0.2, 0.25) is 0 Å². The fourth-order valence-electron chi connectivity index (χ4n) is 1.46. The van der Waals surface area contributed by atoms with Crippen LogP contribution in [-0.2, 0) is 6.54 Å². The first-order valence-electron chi connectivity index (χ1n) is 5.59. The number of nitro groups is 1. The predicted molar refractivity (Wildman–Crippen MR) is 69.9 cm³/mol. The maximum Gasteiger partial charge on any atom is 0.441 e. The third kappa shape index (κ3) is 5.66. The van der Waals surface area contributed by atoms with E-state index >= 15 is 0 Å². The summed E-state index contributed by atoms with van der Waals surface area (Å²) in [6.07, 6.45) is 0. The molecule has 0 bridgehead atoms. The molecule has 0 aromatic heterocycles. The van der Waals surface area contributed by atoms with Gasteiger partial charge in [0.15, 0.2) is 0 Å². The molecule has 5 nitrogen and oxygen atoms in total. The van der Waals surface area contributed by atoms with Crippen LogP contribution in [0.3, 0.4) is 0 Å². The van der Waals surface area contributed by atoms with Gasteiger partial charge in [-0.05, 0) is 24.9 Å². The predicted octanol–water partition coefficient (Wildman–Crippen LogP) is 2.95. The largest absolute Gasteiger partial charge is 0.492 e. The van der Waals surface area contributed by atoms with Gasteiger partial charge in [-0.2, -0.15) is 13.2 Å². The quantitative estimate of drug-likeness (QED) is 0.476. The van der Waals surface area contributed by atoms with E-state index in [1.807, 2.05) is 0 Å². The molecule has 0 aliphatic heterocycles. The Morgan fingerprint density at radius 3 is 2.70 bits per heavy atom. The number of thioether (sulfide) groups is 1. The van der Waals surface area contributed by atoms with Crippen molar-refractivity contribution in [3.63, 3.8) is 0 Å². The first-order valence-corrected chi connectivity index (χ1v) is 6.57. The van der Waals surface area contributed by atoms with Crippen LogP contribution >= 0.6 is 11.8 Å². The normalized spacial score (nSPS) is 11.4. The van der Waals surface area contributed by atoms with E-state index in [2.05, 4.69) is 5.32 Å². The molecule has 20 heavy (non-hydrogen) atoms. The second-order valence-electron chi connectivity index (χ2n) is 3.72. The Balaban J connectivity index is 2.66. The van der Waals surface area contributed by atoms with Crippen LogP contribution in [0.4, 0.5) is 18.9 Å². The fraction of sp³-hybridized carbons (Fsp3) is 0.455. The smallest absolute Gasteiger partial charge is 0.441 e. The minimum atomic E-state index is -4.29. The summed E-state index contributed by atoms with van der Waals surface area (Å²) in [5, 5.41) is 13.5. The molecule has 9 heteroatoms. The number of hydrogen-bond acceptors (Lipinski definition) is 5. The molecule has 0 radical (unpaired) electrons. The van der Waals surface area contributed by atoms with E-state index in [0.29, 0.717) is 17.9 Å². The standard InChI is InChI=1S/C11H13F3N2O3S/c1-15-7-8-6-9(16(17)18)2-3-10(8)19-4-5-20-11(12,13)14/h2-3,6,15H,4-5,7H2,1H3. The monoisotopic (exact) mass is 310 g/mol. The molecular formula is C11H13F3N2O3S. The molecule has 1 rings (SSSR count). The topological polar surface area (TPSA) is 64.4 Å². The van der Waals surface area contributed by atoms with Crippen molar-refractivity contribution in [3.8, 4) is 5.75 Å². The van der Waals surface area contributed by atoms with Gasteiger partial charge in [0, 0.05) is 30.0 Å². The molecule has 0 aliphatic carbocycles. The van der Waals surface area contributed by atoms with Gasteiger partial charge < -0.3 is 10.1 Å². The van der Waals surface area contributed by atoms with Gasteiger partial charge in [0.1, 0.15) is 5.75 Å². The van der Waals surface area contributed by atoms with Gasteiger partial charge in [-0.3, -0.25) is 10.1 Å². The van der Waals surface area contributed by atoms with Gasteiger partial charge in [-0.15, -0.1) is 0 Å². The average molecular weight is 310 g/mol. The third-order valence-corrected chi connectivity index (χ3v) is 2.93. The van der Waals surface area contributed by atoms with Gasteiger partial charge >= 0.3 is 5.51 Å². The molecule has 0 saturated carbocycles. The summed E-state index contributed by atoms with van der Waals surface area (Å²) in [7, 11) is 1.65. The molecule has 0 atom stereocenters. The number of benzene rings is 1. The summed E-state index contributed by atoms with van der Waals surface area (Å²) in [6, 6.07) is 3.98. The lowest BCUT2D eigenvalue weighted by atomic mass is 10.2. The molecule has 0 amide bonds. The number of ether oxygens (including phenoxy) is 1. The molecule has 0 unspecified atom stereocenters. The highest BCUT2D eigenvalue weighted by Crippen LogP contribution is 2.30. The number of alkyl halides is 3. The third-order valence-electron chi connectivity index (χ3n) is 2.23. The Hall–Kier alpha value is -1.48. The lowest BCUT2D eigenvalue weighted by Crippen LogP contribution is -2.11. The van der Waals surface area contributed by atoms with Crippen LogP contribution in [0.5, 0.6) is 5.75 Å². The highest BCUT2D eigenvalue weighted by atomic mass is 32.2. The zero-order valence-corrected chi connectivity index (χ0v) is 11.4. The van der Waals surface area contributed by atoms with Crippen LogP contribution < -0.4 is 10.1 Å². The summed E-state index contributed by atoms with van der Waals surface area (Å²) >= 11 is -0.169. The van der Waals surface area contributed by atoms with Gasteiger partial charge in [-0.25, -0.2) is 0 Å². The van der Waals surface area contributed by atoms with Crippen molar-refractivity contribution in [2.45, 2.75) is 12.1 Å². The Morgan fingerprint density at radius 2 is 2.15 bits per heavy atom. The molecule has 1 N–H and O–H groups in total. The fourth-order valence-corrected chi connectivity index (χ4v) is 1.86. The van der Waals surface area contributed by atoms with Gasteiger partial charge in [-0.1, -0.05) is 0 Å². The lowest BCUT2D eigenvalue weighted by Gasteiger charge is -2.11. The van der Waals surface area contributed by atoms with Crippen molar-refractivity contribution in [1.29, 1.82) is 0 Å². The van der Waals surface area contributed by atoms with E-state index in [9.17, 15) is 23.3 Å². The first kappa shape index (κ1) is 16.6. The summed E-state index contributed by atoms with van der Waals surface area (Å²) in [6.45, 7) is 0.197. The van der Waals surface area contributed by atoms with Crippen LogP contribution in [0.1, 0.15) is 5.56 Å². The summed E-state index contributed by atoms with van der Waals surface area (Å²) in [5.41, 5.74) is -3.85. The average Bonchev–Trinajstić information content (AvgIpc) is 2.35. The van der Waals surface area contributed by atoms with Crippen molar-refractivity contribution < 1.29 is 22.8 Å². The van der Waals surface area contributed by atoms with Crippen LogP contribution in [0.15, 0.2) is 18.2 Å². The van der Waals surface area contributed by atoms with Crippen molar-refractivity contribution in [1.82, 2.24) is 5.32 Å². The second-order valence-corrected chi connectivity index (χ2v) is 4.88. The van der Waals surface area contributed by atoms with Gasteiger partial charge in [0.05, 0.1) is 11.5 Å². The number of nitrogens with one attached hydrogen (secondary N) is 1. The molecule has 112 valence electrons. The SMILES string of the molecule is CNCc1cc([N+](=O)[O-])ccc1OCCSC(F)(F)F. The maximum atomic E-state index is 11.9. The maximum absolute atomic E-state index is 11.9. The van der Waals surface area contributed by atoms with E-state index < -0.39 is 10.4 Å². The van der Waals surface area contributed by atoms with Crippen molar-refractivity contribution >= 4 is 17.4 Å². The summed E-state index contributed by atoms with van der Waals surface area (Å²) in [4.78, 5) is 10.1. The zero-order chi connectivity index (χ0) is 15.2. The second kappa shape index (κ2) is 7.34.